The molecule has 5 nitrogen and oxygen atoms in total. The summed E-state index contributed by atoms with van der Waals surface area (Å²) in [6.07, 6.45) is 21.2. The Balaban J connectivity index is 1.04. The molecule has 6 unspecified atom stereocenters. The Kier molecular flexibility index (Phi) is 7.80. The van der Waals surface area contributed by atoms with Crippen LogP contribution >= 0.6 is 0 Å². The van der Waals surface area contributed by atoms with Crippen LogP contribution < -0.4 is 5.32 Å². The molecular formula is C32H47N5. The molecule has 5 heteroatoms. The maximum absolute atomic E-state index is 9.86. The molecule has 0 aromatic carbocycles. The lowest BCUT2D eigenvalue weighted by molar-refractivity contribution is 0.0292. The van der Waals surface area contributed by atoms with Gasteiger partial charge in [0.05, 0.1) is 36.2 Å². The van der Waals surface area contributed by atoms with Crippen molar-refractivity contribution in [2.45, 2.75) is 121 Å². The van der Waals surface area contributed by atoms with E-state index in [2.05, 4.69) is 28.4 Å². The lowest BCUT2D eigenvalue weighted by Gasteiger charge is -2.46. The number of hydrogen-bond acceptors (Lipinski definition) is 5. The summed E-state index contributed by atoms with van der Waals surface area (Å²) in [5, 5.41) is 33.1. The van der Waals surface area contributed by atoms with Crippen LogP contribution in [0, 0.1) is 87.3 Å². The third-order valence-electron chi connectivity index (χ3n) is 12.2. The Hall–Kier alpha value is -1.61. The number of nitrogens with one attached hydrogen (secondary N) is 1. The van der Waals surface area contributed by atoms with Crippen LogP contribution in [0.1, 0.15) is 103 Å². The summed E-state index contributed by atoms with van der Waals surface area (Å²) in [5.41, 5.74) is 0. The predicted molar refractivity (Wildman–Crippen MR) is 143 cm³/mol. The molecule has 6 aliphatic rings. The third-order valence-corrected chi connectivity index (χ3v) is 12.2. The van der Waals surface area contributed by atoms with E-state index >= 15 is 0 Å². The van der Waals surface area contributed by atoms with Crippen molar-refractivity contribution in [1.29, 1.82) is 15.8 Å². The molecule has 0 aromatic rings. The highest BCUT2D eigenvalue weighted by molar-refractivity contribution is 5.09. The highest BCUT2D eigenvalue weighted by Crippen LogP contribution is 2.51. The van der Waals surface area contributed by atoms with Crippen LogP contribution in [0.3, 0.4) is 0 Å². The molecule has 0 radical (unpaired) electrons. The van der Waals surface area contributed by atoms with Crippen molar-refractivity contribution in [2.75, 3.05) is 6.54 Å². The van der Waals surface area contributed by atoms with Gasteiger partial charge in [-0.25, -0.2) is 0 Å². The molecule has 4 aliphatic carbocycles. The van der Waals surface area contributed by atoms with Gasteiger partial charge >= 0.3 is 0 Å². The molecule has 6 fully saturated rings. The fourth-order valence-electron chi connectivity index (χ4n) is 10.6. The first kappa shape index (κ1) is 25.7. The van der Waals surface area contributed by atoms with E-state index in [-0.39, 0.29) is 23.7 Å². The smallest absolute Gasteiger partial charge is 0.0659 e. The Morgan fingerprint density at radius 3 is 1.84 bits per heavy atom. The van der Waals surface area contributed by atoms with Crippen LogP contribution in [0.15, 0.2) is 0 Å². The zero-order valence-electron chi connectivity index (χ0n) is 22.7. The molecular weight excluding hydrogens is 454 g/mol. The van der Waals surface area contributed by atoms with Gasteiger partial charge in [0, 0.05) is 18.0 Å². The predicted octanol–water partition coefficient (Wildman–Crippen LogP) is 6.38. The number of nitrogens with zero attached hydrogens (tertiary/aromatic N) is 4. The summed E-state index contributed by atoms with van der Waals surface area (Å²) in [6.45, 7) is 1.22. The van der Waals surface area contributed by atoms with Gasteiger partial charge < -0.3 is 5.32 Å². The monoisotopic (exact) mass is 501 g/mol. The van der Waals surface area contributed by atoms with Crippen LogP contribution in [0.2, 0.25) is 0 Å². The van der Waals surface area contributed by atoms with Crippen molar-refractivity contribution >= 4 is 0 Å². The van der Waals surface area contributed by atoms with Crippen LogP contribution in [0.25, 0.3) is 0 Å². The molecule has 2 heterocycles. The largest absolute Gasteiger partial charge is 0.301 e. The number of piperidine rings is 1. The first-order valence-electron chi connectivity index (χ1n) is 15.9. The quantitative estimate of drug-likeness (QED) is 0.485. The van der Waals surface area contributed by atoms with Crippen LogP contribution in [-0.2, 0) is 0 Å². The van der Waals surface area contributed by atoms with E-state index in [9.17, 15) is 15.8 Å². The Morgan fingerprint density at radius 2 is 1.19 bits per heavy atom. The average molecular weight is 502 g/mol. The standard InChI is InChI=1S/C32H47N5/c33-18-21-16-25(19-34)31(26(17-21)20-35)24-9-7-22(8-10-24)23-11-13-27(14-12-23)37-30-6-2-1-4-28(30)29-5-3-15-36-32(29)37/h21-32,36H,1-17H2. The van der Waals surface area contributed by atoms with E-state index in [1.807, 2.05) is 0 Å². The van der Waals surface area contributed by atoms with Crippen LogP contribution in [0.4, 0.5) is 0 Å². The minimum atomic E-state index is -0.115. The third kappa shape index (κ3) is 4.83. The summed E-state index contributed by atoms with van der Waals surface area (Å²) < 4.78 is 0. The molecule has 2 saturated heterocycles. The van der Waals surface area contributed by atoms with Gasteiger partial charge in [0.15, 0.2) is 0 Å². The molecule has 37 heavy (non-hydrogen) atoms. The summed E-state index contributed by atoms with van der Waals surface area (Å²) in [4.78, 5) is 3.03. The van der Waals surface area contributed by atoms with Gasteiger partial charge in [0.25, 0.3) is 0 Å². The maximum Gasteiger partial charge on any atom is 0.0659 e. The number of nitriles is 3. The molecule has 4 saturated carbocycles. The van der Waals surface area contributed by atoms with E-state index in [4.69, 9.17) is 0 Å². The minimum Gasteiger partial charge on any atom is -0.301 e. The Morgan fingerprint density at radius 1 is 0.595 bits per heavy atom. The van der Waals surface area contributed by atoms with Gasteiger partial charge in [-0.3, -0.25) is 4.90 Å². The molecule has 1 N–H and O–H groups in total. The molecule has 200 valence electrons. The molecule has 6 atom stereocenters. The van der Waals surface area contributed by atoms with Crippen LogP contribution in [-0.4, -0.2) is 29.7 Å². The molecule has 6 rings (SSSR count). The number of likely N-dealkylation sites (tertiary alicyclic amines) is 1. The van der Waals surface area contributed by atoms with Crippen molar-refractivity contribution in [1.82, 2.24) is 10.2 Å². The summed E-state index contributed by atoms with van der Waals surface area (Å²) in [6, 6.07) is 9.02. The first-order chi connectivity index (χ1) is 18.2. The average Bonchev–Trinajstić information content (AvgIpc) is 3.31. The number of fused-ring (bicyclic) bond motifs is 3. The number of rotatable bonds is 3. The second-order valence-corrected chi connectivity index (χ2v) is 13.8. The van der Waals surface area contributed by atoms with Gasteiger partial charge in [0.2, 0.25) is 0 Å². The zero-order chi connectivity index (χ0) is 25.4. The Bertz CT molecular complexity index is 865. The topological polar surface area (TPSA) is 86.6 Å². The van der Waals surface area contributed by atoms with E-state index in [1.165, 1.54) is 96.4 Å². The van der Waals surface area contributed by atoms with E-state index in [1.54, 1.807) is 0 Å². The highest BCUT2D eigenvalue weighted by atomic mass is 15.3. The van der Waals surface area contributed by atoms with Gasteiger partial charge in [-0.2, -0.15) is 15.8 Å². The fourth-order valence-corrected chi connectivity index (χ4v) is 10.6. The SMILES string of the molecule is N#CC1CC(C#N)C(C2CCC(C3CCC(N4C5CCCCC5C5CCCNC54)CC3)CC2)C(C#N)C1. The van der Waals surface area contributed by atoms with Crippen molar-refractivity contribution in [3.8, 4) is 18.2 Å². The molecule has 2 aliphatic heterocycles. The molecule has 0 bridgehead atoms. The first-order valence-corrected chi connectivity index (χ1v) is 15.9. The zero-order valence-corrected chi connectivity index (χ0v) is 22.7. The normalized spacial score (nSPS) is 48.6. The fraction of sp³-hybridized carbons (Fsp3) is 0.906. The summed E-state index contributed by atoms with van der Waals surface area (Å²) >= 11 is 0. The summed E-state index contributed by atoms with van der Waals surface area (Å²) in [7, 11) is 0. The van der Waals surface area contributed by atoms with Crippen molar-refractivity contribution in [3.05, 3.63) is 0 Å². The van der Waals surface area contributed by atoms with Gasteiger partial charge in [0.1, 0.15) is 0 Å². The van der Waals surface area contributed by atoms with E-state index < -0.39 is 0 Å². The second-order valence-electron chi connectivity index (χ2n) is 13.8. The highest BCUT2D eigenvalue weighted by Gasteiger charge is 2.52. The Labute approximate surface area is 225 Å². The van der Waals surface area contributed by atoms with Crippen molar-refractivity contribution in [2.24, 2.45) is 53.3 Å². The van der Waals surface area contributed by atoms with Gasteiger partial charge in [-0.1, -0.05) is 12.8 Å². The summed E-state index contributed by atoms with van der Waals surface area (Å²) in [5.74, 6) is 3.94. The van der Waals surface area contributed by atoms with Gasteiger partial charge in [-0.05, 0) is 132 Å². The van der Waals surface area contributed by atoms with Crippen LogP contribution in [0.5, 0.6) is 0 Å². The number of hydrogen-bond donors (Lipinski definition) is 1. The lowest BCUT2D eigenvalue weighted by Crippen LogP contribution is -2.54. The van der Waals surface area contributed by atoms with E-state index in [0.717, 1.165) is 35.8 Å². The second kappa shape index (κ2) is 11.2. The lowest BCUT2D eigenvalue weighted by atomic mass is 9.59. The molecule has 0 amide bonds. The van der Waals surface area contributed by atoms with E-state index in [0.29, 0.717) is 24.9 Å². The van der Waals surface area contributed by atoms with Crippen molar-refractivity contribution < 1.29 is 0 Å². The van der Waals surface area contributed by atoms with Crippen molar-refractivity contribution in [3.63, 3.8) is 0 Å². The molecule has 0 aromatic heterocycles. The molecule has 0 spiro atoms. The maximum atomic E-state index is 9.86. The minimum absolute atomic E-state index is 0.110. The van der Waals surface area contributed by atoms with Gasteiger partial charge in [-0.15, -0.1) is 0 Å².